The van der Waals surface area contributed by atoms with Crippen molar-refractivity contribution in [2.45, 2.75) is 26.8 Å². The van der Waals surface area contributed by atoms with Gasteiger partial charge in [0.1, 0.15) is 5.82 Å². The topological polar surface area (TPSA) is 98.2 Å². The highest BCUT2D eigenvalue weighted by atomic mass is 19.1. The number of nitrogens with one attached hydrogen (secondary N) is 1. The van der Waals surface area contributed by atoms with Crippen LogP contribution in [0.2, 0.25) is 0 Å². The van der Waals surface area contributed by atoms with E-state index in [2.05, 4.69) is 5.32 Å². The van der Waals surface area contributed by atoms with E-state index in [1.54, 1.807) is 13.8 Å². The van der Waals surface area contributed by atoms with Gasteiger partial charge in [-0.05, 0) is 25.0 Å². The van der Waals surface area contributed by atoms with Gasteiger partial charge in [-0.15, -0.1) is 0 Å². The van der Waals surface area contributed by atoms with Gasteiger partial charge in [-0.2, -0.15) is 0 Å². The summed E-state index contributed by atoms with van der Waals surface area (Å²) in [7, 11) is 0. The standard InChI is InChI=1S/C13H18FN3O2/c1-6(2)11(15)13(19)17-10-5-8(12(16)18)4-9(14)7(10)3/h4-6,11H,15H2,1-3H3,(H2,16,18)(H,17,19). The minimum Gasteiger partial charge on any atom is -0.366 e. The Labute approximate surface area is 111 Å². The Morgan fingerprint density at radius 3 is 2.37 bits per heavy atom. The lowest BCUT2D eigenvalue weighted by atomic mass is 10.0. The molecule has 1 rings (SSSR count). The van der Waals surface area contributed by atoms with E-state index < -0.39 is 23.7 Å². The minimum atomic E-state index is -0.762. The molecule has 19 heavy (non-hydrogen) atoms. The first-order valence-electron chi connectivity index (χ1n) is 5.90. The fraction of sp³-hybridized carbons (Fsp3) is 0.385. The number of nitrogens with two attached hydrogens (primary N) is 2. The van der Waals surface area contributed by atoms with Crippen molar-refractivity contribution >= 4 is 17.5 Å². The van der Waals surface area contributed by atoms with Crippen molar-refractivity contribution in [2.24, 2.45) is 17.4 Å². The van der Waals surface area contributed by atoms with E-state index in [0.29, 0.717) is 0 Å². The van der Waals surface area contributed by atoms with Crippen molar-refractivity contribution in [3.63, 3.8) is 0 Å². The molecule has 0 saturated heterocycles. The molecule has 0 aliphatic rings. The van der Waals surface area contributed by atoms with Gasteiger partial charge in [0.2, 0.25) is 11.8 Å². The van der Waals surface area contributed by atoms with E-state index in [1.807, 2.05) is 0 Å². The third-order valence-electron chi connectivity index (χ3n) is 2.91. The average Bonchev–Trinajstić information content (AvgIpc) is 2.33. The van der Waals surface area contributed by atoms with Crippen LogP contribution in [-0.2, 0) is 4.79 Å². The second-order valence-corrected chi connectivity index (χ2v) is 4.75. The van der Waals surface area contributed by atoms with Gasteiger partial charge in [0.05, 0.1) is 6.04 Å². The van der Waals surface area contributed by atoms with E-state index in [-0.39, 0.29) is 22.7 Å². The van der Waals surface area contributed by atoms with Crippen LogP contribution < -0.4 is 16.8 Å². The lowest BCUT2D eigenvalue weighted by molar-refractivity contribution is -0.118. The minimum absolute atomic E-state index is 0.00322. The van der Waals surface area contributed by atoms with Crippen LogP contribution in [0.4, 0.5) is 10.1 Å². The van der Waals surface area contributed by atoms with Crippen LogP contribution in [-0.4, -0.2) is 17.9 Å². The third-order valence-corrected chi connectivity index (χ3v) is 2.91. The Balaban J connectivity index is 3.07. The molecule has 104 valence electrons. The van der Waals surface area contributed by atoms with Crippen molar-refractivity contribution in [1.82, 2.24) is 0 Å². The number of carbonyl (C=O) groups is 2. The molecule has 5 nitrogen and oxygen atoms in total. The Morgan fingerprint density at radius 1 is 1.32 bits per heavy atom. The lowest BCUT2D eigenvalue weighted by Gasteiger charge is -2.17. The largest absolute Gasteiger partial charge is 0.366 e. The maximum absolute atomic E-state index is 13.6. The van der Waals surface area contributed by atoms with E-state index in [0.717, 1.165) is 6.07 Å². The average molecular weight is 267 g/mol. The highest BCUT2D eigenvalue weighted by molar-refractivity contribution is 5.98. The Hall–Kier alpha value is -1.95. The Kier molecular flexibility index (Phi) is 4.61. The first kappa shape index (κ1) is 15.1. The van der Waals surface area contributed by atoms with Gasteiger partial charge in [0, 0.05) is 16.8 Å². The summed E-state index contributed by atoms with van der Waals surface area (Å²) in [6.45, 7) is 5.10. The molecule has 0 radical (unpaired) electrons. The summed E-state index contributed by atoms with van der Waals surface area (Å²) in [6.07, 6.45) is 0. The van der Waals surface area contributed by atoms with Crippen molar-refractivity contribution in [3.05, 3.63) is 29.1 Å². The number of hydrogen-bond donors (Lipinski definition) is 3. The van der Waals surface area contributed by atoms with E-state index >= 15 is 0 Å². The Morgan fingerprint density at radius 2 is 1.89 bits per heavy atom. The zero-order valence-corrected chi connectivity index (χ0v) is 11.2. The molecule has 2 amide bonds. The molecule has 0 heterocycles. The number of amides is 2. The molecule has 5 N–H and O–H groups in total. The zero-order valence-electron chi connectivity index (χ0n) is 11.2. The van der Waals surface area contributed by atoms with Crippen LogP contribution in [0.25, 0.3) is 0 Å². The van der Waals surface area contributed by atoms with E-state index in [4.69, 9.17) is 11.5 Å². The molecule has 1 unspecified atom stereocenters. The predicted molar refractivity (Wildman–Crippen MR) is 71.1 cm³/mol. The molecule has 1 aromatic rings. The van der Waals surface area contributed by atoms with Crippen molar-refractivity contribution < 1.29 is 14.0 Å². The Bertz CT molecular complexity index is 515. The number of rotatable bonds is 4. The molecule has 0 spiro atoms. The first-order valence-corrected chi connectivity index (χ1v) is 5.90. The van der Waals surface area contributed by atoms with E-state index in [1.165, 1.54) is 13.0 Å². The molecule has 0 aliphatic carbocycles. The van der Waals surface area contributed by atoms with Gasteiger partial charge in [0.15, 0.2) is 0 Å². The van der Waals surface area contributed by atoms with Gasteiger partial charge in [-0.25, -0.2) is 4.39 Å². The second kappa shape index (κ2) is 5.79. The SMILES string of the molecule is Cc1c(F)cc(C(N)=O)cc1NC(=O)C(N)C(C)C. The smallest absolute Gasteiger partial charge is 0.248 e. The van der Waals surface area contributed by atoms with Gasteiger partial charge in [-0.3, -0.25) is 9.59 Å². The van der Waals surface area contributed by atoms with Gasteiger partial charge in [0.25, 0.3) is 0 Å². The number of primary amides is 1. The first-order chi connectivity index (χ1) is 8.73. The number of anilines is 1. The summed E-state index contributed by atoms with van der Waals surface area (Å²) in [5, 5.41) is 2.52. The molecule has 0 aromatic heterocycles. The number of carbonyl (C=O) groups excluding carboxylic acids is 2. The summed E-state index contributed by atoms with van der Waals surface area (Å²) < 4.78 is 13.6. The summed E-state index contributed by atoms with van der Waals surface area (Å²) in [5.41, 5.74) is 11.2. The predicted octanol–water partition coefficient (Wildman–Crippen LogP) is 1.15. The van der Waals surface area contributed by atoms with Crippen molar-refractivity contribution in [3.8, 4) is 0 Å². The summed E-state index contributed by atoms with van der Waals surface area (Å²) in [6, 6.07) is 1.67. The summed E-state index contributed by atoms with van der Waals surface area (Å²) in [5.74, 6) is -1.85. The number of benzene rings is 1. The van der Waals surface area contributed by atoms with Gasteiger partial charge < -0.3 is 16.8 Å². The molecule has 0 fully saturated rings. The third kappa shape index (κ3) is 3.51. The van der Waals surface area contributed by atoms with Crippen LogP contribution in [0.3, 0.4) is 0 Å². The highest BCUT2D eigenvalue weighted by Gasteiger charge is 2.19. The van der Waals surface area contributed by atoms with Gasteiger partial charge >= 0.3 is 0 Å². The molecule has 6 heteroatoms. The van der Waals surface area contributed by atoms with Crippen molar-refractivity contribution in [2.75, 3.05) is 5.32 Å². The summed E-state index contributed by atoms with van der Waals surface area (Å²) in [4.78, 5) is 22.9. The normalized spacial score (nSPS) is 12.3. The number of hydrogen-bond acceptors (Lipinski definition) is 3. The van der Waals surface area contributed by atoms with Gasteiger partial charge in [-0.1, -0.05) is 13.8 Å². The monoisotopic (exact) mass is 267 g/mol. The maximum Gasteiger partial charge on any atom is 0.248 e. The molecule has 1 atom stereocenters. The molecule has 1 aromatic carbocycles. The highest BCUT2D eigenvalue weighted by Crippen LogP contribution is 2.21. The molecule has 0 bridgehead atoms. The molecule has 0 saturated carbocycles. The second-order valence-electron chi connectivity index (χ2n) is 4.75. The fourth-order valence-electron chi connectivity index (χ4n) is 1.47. The fourth-order valence-corrected chi connectivity index (χ4v) is 1.47. The van der Waals surface area contributed by atoms with Crippen LogP contribution in [0.15, 0.2) is 12.1 Å². The van der Waals surface area contributed by atoms with Crippen LogP contribution in [0, 0.1) is 18.7 Å². The van der Waals surface area contributed by atoms with Crippen LogP contribution in [0.1, 0.15) is 29.8 Å². The summed E-state index contributed by atoms with van der Waals surface area (Å²) >= 11 is 0. The lowest BCUT2D eigenvalue weighted by Crippen LogP contribution is -2.40. The maximum atomic E-state index is 13.6. The van der Waals surface area contributed by atoms with Crippen LogP contribution >= 0.6 is 0 Å². The quantitative estimate of drug-likeness (QED) is 0.763. The van der Waals surface area contributed by atoms with Crippen molar-refractivity contribution in [1.29, 1.82) is 0 Å². The molecular formula is C13H18FN3O2. The molecular weight excluding hydrogens is 249 g/mol. The number of halogens is 1. The molecule has 0 aliphatic heterocycles. The van der Waals surface area contributed by atoms with Crippen LogP contribution in [0.5, 0.6) is 0 Å². The van der Waals surface area contributed by atoms with E-state index in [9.17, 15) is 14.0 Å². The zero-order chi connectivity index (χ0) is 14.7.